The van der Waals surface area contributed by atoms with Gasteiger partial charge in [0.05, 0.1) is 0 Å². The van der Waals surface area contributed by atoms with Crippen molar-refractivity contribution in [3.05, 3.63) is 0 Å². The molecule has 0 fully saturated rings. The zero-order chi connectivity index (χ0) is 19.8. The molecule has 6 nitrogen and oxygen atoms in total. The van der Waals surface area contributed by atoms with E-state index in [1.54, 1.807) is 0 Å². The predicted molar refractivity (Wildman–Crippen MR) is 102 cm³/mol. The van der Waals surface area contributed by atoms with Crippen molar-refractivity contribution in [2.75, 3.05) is 0 Å². The Balaban J connectivity index is 3.68. The summed E-state index contributed by atoms with van der Waals surface area (Å²) in [5.74, 6) is -4.65. The Kier molecular flexibility index (Phi) is 13.7. The largest absolute Gasteiger partial charge is 0.480 e. The second-order valence-electron chi connectivity index (χ2n) is 7.23. The molecule has 0 aromatic carbocycles. The van der Waals surface area contributed by atoms with Crippen LogP contribution in [0.1, 0.15) is 103 Å². The van der Waals surface area contributed by atoms with Crippen LogP contribution < -0.4 is 5.73 Å². The molecule has 0 saturated carbocycles. The van der Waals surface area contributed by atoms with E-state index in [1.807, 2.05) is 0 Å². The minimum Gasteiger partial charge on any atom is -0.480 e. The molecule has 0 atom stereocenters. The van der Waals surface area contributed by atoms with Gasteiger partial charge in [-0.25, -0.2) is 0 Å². The summed E-state index contributed by atoms with van der Waals surface area (Å²) in [7, 11) is 0. The van der Waals surface area contributed by atoms with Gasteiger partial charge in [-0.05, 0) is 6.42 Å². The first-order valence-electron chi connectivity index (χ1n) is 10.2. The zero-order valence-corrected chi connectivity index (χ0v) is 16.3. The van der Waals surface area contributed by atoms with Crippen LogP contribution in [0.15, 0.2) is 0 Å². The van der Waals surface area contributed by atoms with E-state index in [1.165, 1.54) is 57.8 Å². The van der Waals surface area contributed by atoms with Gasteiger partial charge in [-0.3, -0.25) is 14.4 Å². The maximum Gasteiger partial charge on any atom is 0.330 e. The summed E-state index contributed by atoms with van der Waals surface area (Å²) in [5.41, 5.74) is 2.54. The summed E-state index contributed by atoms with van der Waals surface area (Å²) in [4.78, 5) is 33.7. The standard InChI is InChI=1S/C20H37NO5/c1-2-3-4-5-6-7-8-9-10-11-12-13-14-15-16-20(17(21)22,18(23)24)19(25)26/h2-16H2,1H3,(H2,21,22)(H,23,24)(H,25,26). The van der Waals surface area contributed by atoms with Crippen LogP contribution in [0, 0.1) is 5.41 Å². The first-order chi connectivity index (χ1) is 12.4. The van der Waals surface area contributed by atoms with E-state index in [2.05, 4.69) is 6.92 Å². The molecular formula is C20H37NO5. The molecule has 0 aromatic heterocycles. The van der Waals surface area contributed by atoms with E-state index in [-0.39, 0.29) is 6.42 Å². The lowest BCUT2D eigenvalue weighted by molar-refractivity contribution is -0.168. The number of carbonyl (C=O) groups is 3. The van der Waals surface area contributed by atoms with Crippen LogP contribution in [0.4, 0.5) is 0 Å². The number of rotatable bonds is 18. The number of nitrogens with two attached hydrogens (primary N) is 1. The molecule has 0 unspecified atom stereocenters. The molecule has 0 bridgehead atoms. The van der Waals surface area contributed by atoms with Crippen LogP contribution in [0.2, 0.25) is 0 Å². The molecule has 0 spiro atoms. The maximum absolute atomic E-state index is 11.3. The lowest BCUT2D eigenvalue weighted by atomic mass is 9.81. The number of carboxylic acids is 2. The lowest BCUT2D eigenvalue weighted by Crippen LogP contribution is -2.50. The maximum atomic E-state index is 11.3. The number of primary amides is 1. The number of hydrogen-bond acceptors (Lipinski definition) is 3. The van der Waals surface area contributed by atoms with Gasteiger partial charge in [0.15, 0.2) is 0 Å². The first-order valence-corrected chi connectivity index (χ1v) is 10.2. The normalized spacial score (nSPS) is 11.4. The van der Waals surface area contributed by atoms with E-state index < -0.39 is 23.3 Å². The zero-order valence-electron chi connectivity index (χ0n) is 16.3. The fourth-order valence-corrected chi connectivity index (χ4v) is 3.22. The summed E-state index contributed by atoms with van der Waals surface area (Å²) in [6.45, 7) is 2.23. The molecule has 0 heterocycles. The van der Waals surface area contributed by atoms with Crippen molar-refractivity contribution in [1.29, 1.82) is 0 Å². The Morgan fingerprint density at radius 3 is 1.23 bits per heavy atom. The van der Waals surface area contributed by atoms with Gasteiger partial charge in [0, 0.05) is 0 Å². The van der Waals surface area contributed by atoms with E-state index in [9.17, 15) is 14.4 Å². The summed E-state index contributed by atoms with van der Waals surface area (Å²) in [6.07, 6.45) is 15.8. The van der Waals surface area contributed by atoms with Gasteiger partial charge < -0.3 is 15.9 Å². The third kappa shape index (κ3) is 9.20. The molecule has 0 aliphatic carbocycles. The van der Waals surface area contributed by atoms with Crippen LogP contribution >= 0.6 is 0 Å². The molecule has 0 rings (SSSR count). The number of carboxylic acid groups (broad SMARTS) is 2. The quantitative estimate of drug-likeness (QED) is 0.242. The number of amides is 1. The Morgan fingerprint density at radius 1 is 0.654 bits per heavy atom. The molecule has 0 aromatic rings. The molecule has 0 aliphatic rings. The predicted octanol–water partition coefficient (Wildman–Crippen LogP) is 4.50. The highest BCUT2D eigenvalue weighted by Gasteiger charge is 2.51. The van der Waals surface area contributed by atoms with Gasteiger partial charge in [-0.1, -0.05) is 96.8 Å². The summed E-state index contributed by atoms with van der Waals surface area (Å²) in [6, 6.07) is 0. The minimum absolute atomic E-state index is 0.245. The summed E-state index contributed by atoms with van der Waals surface area (Å²) >= 11 is 0. The highest BCUT2D eigenvalue weighted by atomic mass is 16.4. The fraction of sp³-hybridized carbons (Fsp3) is 0.850. The first kappa shape index (κ1) is 24.4. The summed E-state index contributed by atoms with van der Waals surface area (Å²) < 4.78 is 0. The van der Waals surface area contributed by atoms with Crippen LogP contribution in [0.3, 0.4) is 0 Å². The molecule has 26 heavy (non-hydrogen) atoms. The molecule has 0 radical (unpaired) electrons. The van der Waals surface area contributed by atoms with Gasteiger partial charge in [0.2, 0.25) is 11.3 Å². The van der Waals surface area contributed by atoms with Crippen LogP contribution in [0.5, 0.6) is 0 Å². The van der Waals surface area contributed by atoms with Crippen molar-refractivity contribution in [1.82, 2.24) is 0 Å². The Labute approximate surface area is 157 Å². The monoisotopic (exact) mass is 371 g/mol. The van der Waals surface area contributed by atoms with Gasteiger partial charge in [-0.15, -0.1) is 0 Å². The minimum atomic E-state index is -2.49. The molecule has 0 aliphatic heterocycles. The molecule has 152 valence electrons. The molecule has 4 N–H and O–H groups in total. The second kappa shape index (κ2) is 14.6. The average Bonchev–Trinajstić information content (AvgIpc) is 2.57. The highest BCUT2D eigenvalue weighted by Crippen LogP contribution is 2.26. The molecule has 0 saturated heterocycles. The van der Waals surface area contributed by atoms with Crippen molar-refractivity contribution < 1.29 is 24.6 Å². The van der Waals surface area contributed by atoms with E-state index in [4.69, 9.17) is 15.9 Å². The van der Waals surface area contributed by atoms with E-state index in [0.717, 1.165) is 19.3 Å². The topological polar surface area (TPSA) is 118 Å². The van der Waals surface area contributed by atoms with Gasteiger partial charge in [0.1, 0.15) is 0 Å². The Bertz CT molecular complexity index is 386. The van der Waals surface area contributed by atoms with Crippen LogP contribution in [-0.4, -0.2) is 28.1 Å². The number of carbonyl (C=O) groups excluding carboxylic acids is 1. The van der Waals surface area contributed by atoms with Crippen molar-refractivity contribution in [3.63, 3.8) is 0 Å². The second-order valence-corrected chi connectivity index (χ2v) is 7.23. The molecule has 6 heteroatoms. The number of aliphatic carboxylic acids is 2. The molecular weight excluding hydrogens is 334 g/mol. The highest BCUT2D eigenvalue weighted by molar-refractivity contribution is 6.17. The van der Waals surface area contributed by atoms with Crippen LogP contribution in [-0.2, 0) is 14.4 Å². The SMILES string of the molecule is CCCCCCCCCCCCCCCCC(C(N)=O)(C(=O)O)C(=O)O. The van der Waals surface area contributed by atoms with Crippen molar-refractivity contribution in [2.24, 2.45) is 11.1 Å². The van der Waals surface area contributed by atoms with Crippen molar-refractivity contribution in [3.8, 4) is 0 Å². The fourth-order valence-electron chi connectivity index (χ4n) is 3.22. The van der Waals surface area contributed by atoms with E-state index in [0.29, 0.717) is 12.8 Å². The Hall–Kier alpha value is -1.59. The van der Waals surface area contributed by atoms with Gasteiger partial charge >= 0.3 is 11.9 Å². The van der Waals surface area contributed by atoms with Crippen LogP contribution in [0.25, 0.3) is 0 Å². The molecule has 1 amide bonds. The summed E-state index contributed by atoms with van der Waals surface area (Å²) in [5, 5.41) is 18.2. The third-order valence-electron chi connectivity index (χ3n) is 5.06. The van der Waals surface area contributed by atoms with Gasteiger partial charge in [-0.2, -0.15) is 0 Å². The number of unbranched alkanes of at least 4 members (excludes halogenated alkanes) is 13. The third-order valence-corrected chi connectivity index (χ3v) is 5.06. The van der Waals surface area contributed by atoms with Gasteiger partial charge in [0.25, 0.3) is 0 Å². The Morgan fingerprint density at radius 2 is 0.962 bits per heavy atom. The lowest BCUT2D eigenvalue weighted by Gasteiger charge is -2.20. The van der Waals surface area contributed by atoms with Crippen molar-refractivity contribution >= 4 is 17.8 Å². The van der Waals surface area contributed by atoms with E-state index >= 15 is 0 Å². The average molecular weight is 372 g/mol. The van der Waals surface area contributed by atoms with Crippen molar-refractivity contribution in [2.45, 2.75) is 103 Å². The smallest absolute Gasteiger partial charge is 0.330 e. The number of hydrogen-bond donors (Lipinski definition) is 3.